The molecular formula is C23H23F3N2O3S. The first-order valence-electron chi connectivity index (χ1n) is 10.1. The number of aryl methyl sites for hydroxylation is 1. The number of rotatable bonds is 7. The van der Waals surface area contributed by atoms with Gasteiger partial charge in [0.2, 0.25) is 6.79 Å². The van der Waals surface area contributed by atoms with Gasteiger partial charge in [0.25, 0.3) is 0 Å². The molecule has 0 aliphatic carbocycles. The summed E-state index contributed by atoms with van der Waals surface area (Å²) in [6, 6.07) is 11.9. The molecule has 2 aromatic carbocycles. The number of nitrogens with zero attached hydrogens (tertiary/aromatic N) is 1. The topological polar surface area (TPSA) is 63.6 Å². The summed E-state index contributed by atoms with van der Waals surface area (Å²) in [4.78, 5) is 4.46. The monoisotopic (exact) mass is 464 g/mol. The Labute approximate surface area is 187 Å². The molecule has 0 spiro atoms. The maximum Gasteiger partial charge on any atom is 0.420 e. The van der Waals surface area contributed by atoms with Gasteiger partial charge >= 0.3 is 6.18 Å². The fourth-order valence-electron chi connectivity index (χ4n) is 3.70. The Morgan fingerprint density at radius 1 is 1.12 bits per heavy atom. The van der Waals surface area contributed by atoms with Gasteiger partial charge in [-0.1, -0.05) is 19.1 Å². The molecule has 0 amide bonds. The third-order valence-electron chi connectivity index (χ3n) is 5.40. The predicted octanol–water partition coefficient (Wildman–Crippen LogP) is 5.47. The number of fused-ring (bicyclic) bond motifs is 2. The summed E-state index contributed by atoms with van der Waals surface area (Å²) in [5.41, 5.74) is -0.905. The van der Waals surface area contributed by atoms with E-state index in [1.54, 1.807) is 37.3 Å². The van der Waals surface area contributed by atoms with Gasteiger partial charge in [0, 0.05) is 22.5 Å². The van der Waals surface area contributed by atoms with E-state index in [0.29, 0.717) is 33.8 Å². The van der Waals surface area contributed by atoms with Crippen LogP contribution in [0.3, 0.4) is 0 Å². The number of anilines is 1. The normalized spacial score (nSPS) is 16.1. The first-order chi connectivity index (χ1) is 15.2. The molecule has 4 rings (SSSR count). The number of halogens is 3. The van der Waals surface area contributed by atoms with Gasteiger partial charge in [-0.2, -0.15) is 24.9 Å². The number of aromatic nitrogens is 1. The second-order valence-corrected chi connectivity index (χ2v) is 8.85. The molecule has 2 N–H and O–H groups in total. The fourth-order valence-corrected chi connectivity index (χ4v) is 4.54. The lowest BCUT2D eigenvalue weighted by Gasteiger charge is -2.39. The van der Waals surface area contributed by atoms with Crippen molar-refractivity contribution < 1.29 is 27.8 Å². The number of nitrogens with one attached hydrogen (secondary N) is 1. The maximum absolute atomic E-state index is 14.3. The molecule has 0 bridgehead atoms. The highest BCUT2D eigenvalue weighted by atomic mass is 32.2. The second-order valence-electron chi connectivity index (χ2n) is 7.57. The Hall–Kier alpha value is -2.65. The molecule has 0 saturated heterocycles. The minimum atomic E-state index is -4.89. The predicted molar refractivity (Wildman–Crippen MR) is 119 cm³/mol. The summed E-state index contributed by atoms with van der Waals surface area (Å²) in [5.74, 6) is 0.707. The van der Waals surface area contributed by atoms with Crippen LogP contribution in [-0.2, 0) is 0 Å². The van der Waals surface area contributed by atoms with E-state index in [2.05, 4.69) is 10.3 Å². The molecule has 1 aliphatic rings. The highest BCUT2D eigenvalue weighted by Gasteiger charge is 2.59. The molecule has 2 atom stereocenters. The zero-order chi connectivity index (χ0) is 22.9. The highest BCUT2D eigenvalue weighted by Crippen LogP contribution is 2.46. The third kappa shape index (κ3) is 4.19. The van der Waals surface area contributed by atoms with Crippen molar-refractivity contribution in [2.45, 2.75) is 31.7 Å². The molecule has 0 saturated carbocycles. The maximum atomic E-state index is 14.3. The van der Waals surface area contributed by atoms with Crippen LogP contribution in [0.5, 0.6) is 11.5 Å². The van der Waals surface area contributed by atoms with Gasteiger partial charge < -0.3 is 19.9 Å². The van der Waals surface area contributed by atoms with Crippen molar-refractivity contribution in [1.29, 1.82) is 0 Å². The van der Waals surface area contributed by atoms with Crippen molar-refractivity contribution in [3.63, 3.8) is 0 Å². The summed E-state index contributed by atoms with van der Waals surface area (Å²) >= 11 is 1.03. The third-order valence-corrected chi connectivity index (χ3v) is 6.45. The minimum absolute atomic E-state index is 0.000447. The van der Waals surface area contributed by atoms with Crippen molar-refractivity contribution in [1.82, 2.24) is 4.98 Å². The first-order valence-corrected chi connectivity index (χ1v) is 11.3. The number of pyridine rings is 1. The molecule has 2 heterocycles. The lowest BCUT2D eigenvalue weighted by Crippen LogP contribution is -2.54. The molecule has 0 fully saturated rings. The van der Waals surface area contributed by atoms with E-state index < -0.39 is 23.6 Å². The van der Waals surface area contributed by atoms with Crippen molar-refractivity contribution in [2.75, 3.05) is 23.6 Å². The van der Waals surface area contributed by atoms with Crippen LogP contribution in [0.4, 0.5) is 18.9 Å². The zero-order valence-electron chi connectivity index (χ0n) is 17.6. The first kappa shape index (κ1) is 22.5. The molecule has 170 valence electrons. The lowest BCUT2D eigenvalue weighted by molar-refractivity contribution is -0.256. The van der Waals surface area contributed by atoms with Crippen LogP contribution in [0, 0.1) is 6.92 Å². The number of ether oxygens (including phenoxy) is 2. The standard InChI is InChI=1S/C23H23F3N2O3S/c1-3-32-12-22(29,23(24,25)26)21(15-8-10-19-20(11-15)31-13-30-19)28-18-6-4-5-17-16(18)9-7-14(2)27-17/h4-11,21,28-29H,3,12-13H2,1-2H3. The molecule has 9 heteroatoms. The Kier molecular flexibility index (Phi) is 6.13. The number of hydrogen-bond acceptors (Lipinski definition) is 6. The van der Waals surface area contributed by atoms with Gasteiger partial charge in [-0.05, 0) is 54.6 Å². The molecular weight excluding hydrogens is 441 g/mol. The van der Waals surface area contributed by atoms with Crippen molar-refractivity contribution in [3.8, 4) is 11.5 Å². The highest BCUT2D eigenvalue weighted by molar-refractivity contribution is 7.99. The van der Waals surface area contributed by atoms with Gasteiger partial charge in [0.05, 0.1) is 11.6 Å². The summed E-state index contributed by atoms with van der Waals surface area (Å²) in [6.45, 7) is 3.60. The fraction of sp³-hybridized carbons (Fsp3) is 0.348. The number of alkyl halides is 3. The van der Waals surface area contributed by atoms with Gasteiger partial charge in [0.1, 0.15) is 0 Å². The van der Waals surface area contributed by atoms with Gasteiger partial charge in [-0.25, -0.2) is 0 Å². The largest absolute Gasteiger partial charge is 0.454 e. The Morgan fingerprint density at radius 3 is 2.66 bits per heavy atom. The van der Waals surface area contributed by atoms with Crippen LogP contribution in [0.15, 0.2) is 48.5 Å². The second kappa shape index (κ2) is 8.71. The van der Waals surface area contributed by atoms with Gasteiger partial charge in [0.15, 0.2) is 17.1 Å². The molecule has 1 aliphatic heterocycles. The minimum Gasteiger partial charge on any atom is -0.454 e. The number of benzene rings is 2. The van der Waals surface area contributed by atoms with Crippen LogP contribution in [0.1, 0.15) is 24.2 Å². The van der Waals surface area contributed by atoms with E-state index >= 15 is 0 Å². The van der Waals surface area contributed by atoms with E-state index in [9.17, 15) is 18.3 Å². The van der Waals surface area contributed by atoms with E-state index in [1.165, 1.54) is 12.1 Å². The SMILES string of the molecule is CCSCC(O)(C(Nc1cccc2nc(C)ccc12)c1ccc2c(c1)OCO2)C(F)(F)F. The summed E-state index contributed by atoms with van der Waals surface area (Å²) in [6.07, 6.45) is -4.89. The molecule has 2 unspecified atom stereocenters. The van der Waals surface area contributed by atoms with Crippen LogP contribution >= 0.6 is 11.8 Å². The van der Waals surface area contributed by atoms with E-state index in [-0.39, 0.29) is 12.4 Å². The molecule has 32 heavy (non-hydrogen) atoms. The van der Waals surface area contributed by atoms with Crippen molar-refractivity contribution >= 4 is 28.4 Å². The zero-order valence-corrected chi connectivity index (χ0v) is 18.4. The van der Waals surface area contributed by atoms with E-state index in [4.69, 9.17) is 9.47 Å². The van der Waals surface area contributed by atoms with Crippen LogP contribution in [0.2, 0.25) is 0 Å². The summed E-state index contributed by atoms with van der Waals surface area (Å²) in [5, 5.41) is 14.8. The van der Waals surface area contributed by atoms with Crippen molar-refractivity contribution in [3.05, 3.63) is 59.8 Å². The number of thioether (sulfide) groups is 1. The average molecular weight is 465 g/mol. The molecule has 0 radical (unpaired) electrons. The van der Waals surface area contributed by atoms with Crippen LogP contribution in [-0.4, -0.2) is 40.2 Å². The Balaban J connectivity index is 1.84. The van der Waals surface area contributed by atoms with Gasteiger partial charge in [-0.3, -0.25) is 4.98 Å². The quantitative estimate of drug-likeness (QED) is 0.483. The Bertz CT molecular complexity index is 1130. The smallest absolute Gasteiger partial charge is 0.420 e. The lowest BCUT2D eigenvalue weighted by atomic mass is 9.88. The molecule has 3 aromatic rings. The summed E-state index contributed by atoms with van der Waals surface area (Å²) < 4.78 is 53.7. The van der Waals surface area contributed by atoms with Gasteiger partial charge in [-0.15, -0.1) is 0 Å². The molecule has 1 aromatic heterocycles. The average Bonchev–Trinajstić information content (AvgIpc) is 3.22. The van der Waals surface area contributed by atoms with E-state index in [0.717, 1.165) is 17.5 Å². The molecule has 5 nitrogen and oxygen atoms in total. The van der Waals surface area contributed by atoms with E-state index in [1.807, 2.05) is 13.0 Å². The van der Waals surface area contributed by atoms with Crippen LogP contribution in [0.25, 0.3) is 10.9 Å². The van der Waals surface area contributed by atoms with Crippen molar-refractivity contribution in [2.24, 2.45) is 0 Å². The number of aliphatic hydroxyl groups is 1. The number of hydrogen-bond donors (Lipinski definition) is 2. The Morgan fingerprint density at radius 2 is 1.91 bits per heavy atom. The van der Waals surface area contributed by atoms with Crippen LogP contribution < -0.4 is 14.8 Å². The summed E-state index contributed by atoms with van der Waals surface area (Å²) in [7, 11) is 0.